The lowest BCUT2D eigenvalue weighted by molar-refractivity contribution is 0.102. The van der Waals surface area contributed by atoms with Crippen molar-refractivity contribution in [3.63, 3.8) is 0 Å². The fourth-order valence-electron chi connectivity index (χ4n) is 2.78. The minimum Gasteiger partial charge on any atom is -0.495 e. The van der Waals surface area contributed by atoms with Crippen LogP contribution in [-0.2, 0) is 15.6 Å². The van der Waals surface area contributed by atoms with E-state index in [-0.39, 0.29) is 23.2 Å². The summed E-state index contributed by atoms with van der Waals surface area (Å²) in [4.78, 5) is 24.5. The van der Waals surface area contributed by atoms with Gasteiger partial charge in [-0.25, -0.2) is 32.1 Å². The summed E-state index contributed by atoms with van der Waals surface area (Å²) in [6, 6.07) is 5.34. The molecule has 3 N–H and O–H groups in total. The predicted octanol–water partition coefficient (Wildman–Crippen LogP) is 0.682. The van der Waals surface area contributed by atoms with Crippen LogP contribution in [-0.4, -0.2) is 54.5 Å². The average molecular weight is 422 g/mol. The quantitative estimate of drug-likeness (QED) is 0.738. The highest BCUT2D eigenvalue weighted by Crippen LogP contribution is 2.32. The van der Waals surface area contributed by atoms with Crippen LogP contribution in [0.25, 0.3) is 0 Å². The van der Waals surface area contributed by atoms with E-state index in [0.717, 1.165) is 10.4 Å². The maximum absolute atomic E-state index is 14.5. The molecule has 29 heavy (non-hydrogen) atoms. The van der Waals surface area contributed by atoms with Crippen LogP contribution < -0.4 is 15.8 Å². The number of nitrogens with zero attached hydrogens (tertiary/aromatic N) is 4. The molecule has 0 fully saturated rings. The molecule has 0 aliphatic carbocycles. The maximum Gasteiger partial charge on any atom is 0.275 e. The summed E-state index contributed by atoms with van der Waals surface area (Å²) in [5.41, 5.74) is 3.98. The van der Waals surface area contributed by atoms with Crippen LogP contribution in [0.15, 0.2) is 35.5 Å². The van der Waals surface area contributed by atoms with Crippen LogP contribution in [0.1, 0.15) is 23.1 Å². The number of hydrogen-bond donors (Lipinski definition) is 2. The molecule has 0 unspecified atom stereocenters. The molecule has 3 rings (SSSR count). The number of aliphatic imine (C=N–C) groups is 1. The molecule has 0 saturated carbocycles. The van der Waals surface area contributed by atoms with E-state index < -0.39 is 33.0 Å². The molecular formula is C17H19FN6O4S. The SMILES string of the molecule is COc1ccc(C(=O)Nc2ccc(F)c([C@]3(C)CS(=O)(=O)N(C)C(N)=N3)n2)nc1. The summed E-state index contributed by atoms with van der Waals surface area (Å²) in [6.45, 7) is 1.41. The number of guanidine groups is 1. The first-order valence-electron chi connectivity index (χ1n) is 8.36. The molecule has 0 bridgehead atoms. The Labute approximate surface area is 166 Å². The number of carbonyl (C=O) groups excluding carboxylic acids is 1. The van der Waals surface area contributed by atoms with Gasteiger partial charge < -0.3 is 15.8 Å². The zero-order valence-corrected chi connectivity index (χ0v) is 16.7. The van der Waals surface area contributed by atoms with Crippen molar-refractivity contribution >= 4 is 27.7 Å². The number of amides is 1. The summed E-state index contributed by atoms with van der Waals surface area (Å²) < 4.78 is 44.9. The number of methoxy groups -OCH3 is 1. The van der Waals surface area contributed by atoms with Gasteiger partial charge in [0, 0.05) is 7.05 Å². The summed E-state index contributed by atoms with van der Waals surface area (Å²) in [6.07, 6.45) is 1.38. The van der Waals surface area contributed by atoms with Crippen molar-refractivity contribution in [3.8, 4) is 5.75 Å². The van der Waals surface area contributed by atoms with Gasteiger partial charge in [0.15, 0.2) is 0 Å². The second-order valence-electron chi connectivity index (χ2n) is 6.53. The standard InChI is InChI=1S/C17H19FN6O4S/c1-17(9-29(26,27)24(2)16(19)23-17)14-11(18)5-7-13(21-14)22-15(25)12-6-4-10(28-3)8-20-12/h4-8H,9H2,1-3H3,(H2,19,23)(H,21,22,25)/t17-/m0/s1. The maximum atomic E-state index is 14.5. The van der Waals surface area contributed by atoms with E-state index in [1.807, 2.05) is 0 Å². The Bertz CT molecular complexity index is 1090. The molecule has 1 aliphatic heterocycles. The van der Waals surface area contributed by atoms with Gasteiger partial charge in [-0.05, 0) is 31.2 Å². The summed E-state index contributed by atoms with van der Waals surface area (Å²) >= 11 is 0. The fourth-order valence-corrected chi connectivity index (χ4v) is 4.21. The van der Waals surface area contributed by atoms with Crippen molar-refractivity contribution in [2.75, 3.05) is 25.2 Å². The van der Waals surface area contributed by atoms with Gasteiger partial charge >= 0.3 is 0 Å². The van der Waals surface area contributed by atoms with Crippen molar-refractivity contribution in [1.29, 1.82) is 0 Å². The van der Waals surface area contributed by atoms with E-state index in [1.165, 1.54) is 39.4 Å². The summed E-state index contributed by atoms with van der Waals surface area (Å²) in [5.74, 6) is -1.67. The molecule has 0 aromatic carbocycles. The van der Waals surface area contributed by atoms with Crippen molar-refractivity contribution in [1.82, 2.24) is 14.3 Å². The lowest BCUT2D eigenvalue weighted by Gasteiger charge is -2.33. The molecule has 12 heteroatoms. The molecule has 1 atom stereocenters. The zero-order chi connectivity index (χ0) is 21.4. The Morgan fingerprint density at radius 2 is 2.07 bits per heavy atom. The van der Waals surface area contributed by atoms with E-state index in [9.17, 15) is 17.6 Å². The summed E-state index contributed by atoms with van der Waals surface area (Å²) in [5, 5.41) is 2.50. The first-order chi connectivity index (χ1) is 13.6. The number of pyridine rings is 2. The van der Waals surface area contributed by atoms with Gasteiger partial charge in [-0.15, -0.1) is 0 Å². The number of ether oxygens (including phenoxy) is 1. The van der Waals surface area contributed by atoms with Crippen molar-refractivity contribution < 1.29 is 22.3 Å². The van der Waals surface area contributed by atoms with Gasteiger partial charge in [0.25, 0.3) is 5.91 Å². The highest BCUT2D eigenvalue weighted by atomic mass is 32.2. The number of aromatic nitrogens is 2. The largest absolute Gasteiger partial charge is 0.495 e. The monoisotopic (exact) mass is 422 g/mol. The Balaban J connectivity index is 1.93. The van der Waals surface area contributed by atoms with Crippen molar-refractivity contribution in [3.05, 3.63) is 47.7 Å². The molecule has 3 heterocycles. The van der Waals surface area contributed by atoms with E-state index in [4.69, 9.17) is 10.5 Å². The molecule has 0 radical (unpaired) electrons. The van der Waals surface area contributed by atoms with E-state index in [1.54, 1.807) is 6.07 Å². The van der Waals surface area contributed by atoms with Crippen molar-refractivity contribution in [2.45, 2.75) is 12.5 Å². The predicted molar refractivity (Wildman–Crippen MR) is 103 cm³/mol. The molecule has 1 aliphatic rings. The summed E-state index contributed by atoms with van der Waals surface area (Å²) in [7, 11) is -1.08. The zero-order valence-electron chi connectivity index (χ0n) is 15.9. The molecule has 2 aromatic heterocycles. The van der Waals surface area contributed by atoms with Gasteiger partial charge in [-0.2, -0.15) is 0 Å². The Hall–Kier alpha value is -3.28. The first kappa shape index (κ1) is 20.5. The molecular weight excluding hydrogens is 403 g/mol. The number of sulfonamides is 1. The highest BCUT2D eigenvalue weighted by Gasteiger charge is 2.43. The van der Waals surface area contributed by atoms with Gasteiger partial charge in [-0.3, -0.25) is 4.79 Å². The molecule has 0 saturated heterocycles. The van der Waals surface area contributed by atoms with Gasteiger partial charge in [0.05, 0.1) is 13.3 Å². The minimum atomic E-state index is -3.81. The number of nitrogens with one attached hydrogen (secondary N) is 1. The normalized spacial score (nSPS) is 20.7. The van der Waals surface area contributed by atoms with E-state index in [0.29, 0.717) is 5.75 Å². The second kappa shape index (κ2) is 7.28. The molecule has 154 valence electrons. The van der Waals surface area contributed by atoms with Crippen LogP contribution in [0.4, 0.5) is 10.2 Å². The van der Waals surface area contributed by atoms with Crippen LogP contribution in [0.5, 0.6) is 5.75 Å². The molecule has 2 aromatic rings. The number of anilines is 1. The lowest BCUT2D eigenvalue weighted by Crippen LogP contribution is -2.50. The number of rotatable bonds is 4. The third-order valence-corrected chi connectivity index (χ3v) is 6.32. The Morgan fingerprint density at radius 3 is 2.66 bits per heavy atom. The van der Waals surface area contributed by atoms with Crippen LogP contribution in [0, 0.1) is 5.82 Å². The highest BCUT2D eigenvalue weighted by molar-refractivity contribution is 7.89. The number of nitrogens with two attached hydrogens (primary N) is 1. The van der Waals surface area contributed by atoms with Gasteiger partial charge in [0.2, 0.25) is 16.0 Å². The lowest BCUT2D eigenvalue weighted by atomic mass is 10.00. The fraction of sp³-hybridized carbons (Fsp3) is 0.294. The second-order valence-corrected chi connectivity index (χ2v) is 8.53. The van der Waals surface area contributed by atoms with E-state index >= 15 is 0 Å². The van der Waals surface area contributed by atoms with Gasteiger partial charge in [-0.1, -0.05) is 0 Å². The smallest absolute Gasteiger partial charge is 0.275 e. The number of carbonyl (C=O) groups is 1. The number of halogens is 1. The van der Waals surface area contributed by atoms with Gasteiger partial charge in [0.1, 0.15) is 40.1 Å². The third-order valence-electron chi connectivity index (χ3n) is 4.37. The third kappa shape index (κ3) is 3.97. The topological polar surface area (TPSA) is 140 Å². The average Bonchev–Trinajstić information content (AvgIpc) is 2.67. The Kier molecular flexibility index (Phi) is 5.13. The molecule has 1 amide bonds. The first-order valence-corrected chi connectivity index (χ1v) is 9.97. The number of hydrogen-bond acceptors (Lipinski definition) is 8. The van der Waals surface area contributed by atoms with Crippen LogP contribution in [0.2, 0.25) is 0 Å². The van der Waals surface area contributed by atoms with Crippen molar-refractivity contribution in [2.24, 2.45) is 10.7 Å². The molecule has 0 spiro atoms. The molecule has 10 nitrogen and oxygen atoms in total. The Morgan fingerprint density at radius 1 is 1.34 bits per heavy atom. The van der Waals surface area contributed by atoms with E-state index in [2.05, 4.69) is 20.3 Å². The van der Waals surface area contributed by atoms with Crippen LogP contribution in [0.3, 0.4) is 0 Å². The minimum absolute atomic E-state index is 0.00957. The van der Waals surface area contributed by atoms with Crippen LogP contribution >= 0.6 is 0 Å².